The molecule has 0 bridgehead atoms. The highest BCUT2D eigenvalue weighted by molar-refractivity contribution is 5.66. The number of carbonyl (C=O) groups is 1. The largest absolute Gasteiger partial charge is 0.497 e. The number of esters is 1. The number of benzene rings is 1. The van der Waals surface area contributed by atoms with E-state index >= 15 is 0 Å². The molecule has 1 aromatic carbocycles. The van der Waals surface area contributed by atoms with E-state index in [1.807, 2.05) is 31.2 Å². The summed E-state index contributed by atoms with van der Waals surface area (Å²) < 4.78 is 9.86. The number of ether oxygens (including phenoxy) is 2. The zero-order valence-electron chi connectivity index (χ0n) is 9.82. The lowest BCUT2D eigenvalue weighted by Crippen LogP contribution is -1.94. The average molecular weight is 220 g/mol. The van der Waals surface area contributed by atoms with E-state index in [1.165, 1.54) is 13.2 Å². The first-order valence-electron chi connectivity index (χ1n) is 5.07. The van der Waals surface area contributed by atoms with Gasteiger partial charge in [0.15, 0.2) is 0 Å². The predicted octanol–water partition coefficient (Wildman–Crippen LogP) is 2.70. The van der Waals surface area contributed by atoms with Gasteiger partial charge in [0.2, 0.25) is 0 Å². The van der Waals surface area contributed by atoms with Crippen LogP contribution in [0.15, 0.2) is 36.1 Å². The van der Waals surface area contributed by atoms with Gasteiger partial charge < -0.3 is 9.47 Å². The molecule has 1 aromatic rings. The summed E-state index contributed by atoms with van der Waals surface area (Å²) in [7, 11) is 1.64. The highest BCUT2D eigenvalue weighted by Gasteiger charge is 1.97. The molecule has 0 aliphatic heterocycles. The molecule has 16 heavy (non-hydrogen) atoms. The normalized spacial score (nSPS) is 11.1. The Balaban J connectivity index is 2.58. The Hall–Kier alpha value is -1.77. The fraction of sp³-hybridized carbons (Fsp3) is 0.308. The number of methoxy groups -OCH3 is 1. The molecule has 86 valence electrons. The second-order valence-electron chi connectivity index (χ2n) is 3.60. The summed E-state index contributed by atoms with van der Waals surface area (Å²) >= 11 is 0. The van der Waals surface area contributed by atoms with Gasteiger partial charge in [-0.1, -0.05) is 12.1 Å². The van der Waals surface area contributed by atoms with E-state index in [1.54, 1.807) is 7.11 Å². The van der Waals surface area contributed by atoms with Crippen LogP contribution < -0.4 is 4.74 Å². The van der Waals surface area contributed by atoms with Crippen LogP contribution in [0.1, 0.15) is 19.4 Å². The molecule has 3 heteroatoms. The van der Waals surface area contributed by atoms with Gasteiger partial charge >= 0.3 is 5.97 Å². The van der Waals surface area contributed by atoms with Crippen LogP contribution in [0.25, 0.3) is 0 Å². The average Bonchev–Trinajstić information content (AvgIpc) is 2.27. The number of carbonyl (C=O) groups excluding carboxylic acids is 1. The summed E-state index contributed by atoms with van der Waals surface area (Å²) in [5, 5.41) is 0. The Kier molecular flexibility index (Phi) is 4.58. The van der Waals surface area contributed by atoms with Crippen LogP contribution in [0, 0.1) is 0 Å². The maximum absolute atomic E-state index is 10.6. The van der Waals surface area contributed by atoms with Crippen molar-refractivity contribution >= 4 is 5.97 Å². The predicted molar refractivity (Wildman–Crippen MR) is 62.2 cm³/mol. The van der Waals surface area contributed by atoms with Gasteiger partial charge in [-0.2, -0.15) is 0 Å². The number of hydrogen-bond acceptors (Lipinski definition) is 3. The van der Waals surface area contributed by atoms with Crippen molar-refractivity contribution in [1.82, 2.24) is 0 Å². The maximum Gasteiger partial charge on any atom is 0.307 e. The van der Waals surface area contributed by atoms with Crippen molar-refractivity contribution in [2.45, 2.75) is 20.3 Å². The van der Waals surface area contributed by atoms with Gasteiger partial charge in [-0.25, -0.2) is 0 Å². The molecule has 0 unspecified atom stereocenters. The first kappa shape index (κ1) is 12.3. The van der Waals surface area contributed by atoms with Crippen molar-refractivity contribution in [2.24, 2.45) is 0 Å². The molecule has 0 saturated heterocycles. The van der Waals surface area contributed by atoms with E-state index in [2.05, 4.69) is 0 Å². The topological polar surface area (TPSA) is 35.5 Å². The van der Waals surface area contributed by atoms with Crippen LogP contribution in [-0.4, -0.2) is 13.1 Å². The number of rotatable bonds is 4. The van der Waals surface area contributed by atoms with Gasteiger partial charge in [0.25, 0.3) is 0 Å². The summed E-state index contributed by atoms with van der Waals surface area (Å²) in [5.74, 6) is 0.541. The van der Waals surface area contributed by atoms with E-state index in [0.29, 0.717) is 0 Å². The van der Waals surface area contributed by atoms with E-state index in [9.17, 15) is 4.79 Å². The Morgan fingerprint density at radius 3 is 2.38 bits per heavy atom. The SMILES string of the molecule is COc1ccc(C/C(C)=C/OC(C)=O)cc1. The number of hydrogen-bond donors (Lipinski definition) is 0. The Morgan fingerprint density at radius 2 is 1.88 bits per heavy atom. The van der Waals surface area contributed by atoms with Crippen LogP contribution >= 0.6 is 0 Å². The summed E-state index contributed by atoms with van der Waals surface area (Å²) in [4.78, 5) is 10.6. The quantitative estimate of drug-likeness (QED) is 0.578. The zero-order chi connectivity index (χ0) is 12.0. The zero-order valence-corrected chi connectivity index (χ0v) is 9.82. The molecule has 3 nitrogen and oxygen atoms in total. The molecule has 1 rings (SSSR count). The molecule has 0 radical (unpaired) electrons. The summed E-state index contributed by atoms with van der Waals surface area (Å²) in [5.41, 5.74) is 2.15. The molecule has 0 saturated carbocycles. The van der Waals surface area contributed by atoms with E-state index < -0.39 is 0 Å². The lowest BCUT2D eigenvalue weighted by Gasteiger charge is -2.03. The summed E-state index contributed by atoms with van der Waals surface area (Å²) in [6.07, 6.45) is 2.25. The molecular weight excluding hydrogens is 204 g/mol. The molecule has 0 aliphatic carbocycles. The van der Waals surface area contributed by atoms with Crippen LogP contribution in [-0.2, 0) is 16.0 Å². The highest BCUT2D eigenvalue weighted by atomic mass is 16.5. The van der Waals surface area contributed by atoms with Gasteiger partial charge in [0.05, 0.1) is 13.4 Å². The standard InChI is InChI=1S/C13H16O3/c1-10(9-16-11(2)14)8-12-4-6-13(15-3)7-5-12/h4-7,9H,8H2,1-3H3/b10-9+. The minimum absolute atomic E-state index is 0.297. The van der Waals surface area contributed by atoms with Gasteiger partial charge in [0, 0.05) is 6.92 Å². The third-order valence-electron chi connectivity index (χ3n) is 2.07. The summed E-state index contributed by atoms with van der Waals surface area (Å²) in [6.45, 7) is 3.31. The lowest BCUT2D eigenvalue weighted by molar-refractivity contribution is -0.135. The van der Waals surface area contributed by atoms with Crippen molar-refractivity contribution in [2.75, 3.05) is 7.11 Å². The first-order valence-corrected chi connectivity index (χ1v) is 5.07. The maximum atomic E-state index is 10.6. The van der Waals surface area contributed by atoms with Gasteiger partial charge in [-0.05, 0) is 36.6 Å². The van der Waals surface area contributed by atoms with E-state index in [0.717, 1.165) is 23.3 Å². The van der Waals surface area contributed by atoms with Crippen LogP contribution in [0.4, 0.5) is 0 Å². The molecule has 0 aromatic heterocycles. The third-order valence-corrected chi connectivity index (χ3v) is 2.07. The summed E-state index contributed by atoms with van der Waals surface area (Å²) in [6, 6.07) is 7.80. The smallest absolute Gasteiger partial charge is 0.307 e. The van der Waals surface area contributed by atoms with Crippen molar-refractivity contribution in [1.29, 1.82) is 0 Å². The molecule has 0 heterocycles. The molecule has 0 atom stereocenters. The minimum Gasteiger partial charge on any atom is -0.497 e. The second-order valence-corrected chi connectivity index (χ2v) is 3.60. The molecule has 0 N–H and O–H groups in total. The Morgan fingerprint density at radius 1 is 1.25 bits per heavy atom. The van der Waals surface area contributed by atoms with Crippen LogP contribution in [0.2, 0.25) is 0 Å². The van der Waals surface area contributed by atoms with Crippen molar-refractivity contribution in [3.63, 3.8) is 0 Å². The molecule has 0 aliphatic rings. The third kappa shape index (κ3) is 4.17. The highest BCUT2D eigenvalue weighted by Crippen LogP contribution is 2.14. The molecule has 0 spiro atoms. The molecule has 0 amide bonds. The van der Waals surface area contributed by atoms with Crippen LogP contribution in [0.3, 0.4) is 0 Å². The fourth-order valence-corrected chi connectivity index (χ4v) is 1.29. The van der Waals surface area contributed by atoms with Gasteiger partial charge in [-0.3, -0.25) is 4.79 Å². The first-order chi connectivity index (χ1) is 7.61. The minimum atomic E-state index is -0.297. The lowest BCUT2D eigenvalue weighted by atomic mass is 10.1. The monoisotopic (exact) mass is 220 g/mol. The second kappa shape index (κ2) is 5.95. The van der Waals surface area contributed by atoms with Gasteiger partial charge in [0.1, 0.15) is 5.75 Å². The Bertz CT molecular complexity index is 377. The van der Waals surface area contributed by atoms with E-state index in [-0.39, 0.29) is 5.97 Å². The van der Waals surface area contributed by atoms with Crippen molar-refractivity contribution < 1.29 is 14.3 Å². The van der Waals surface area contributed by atoms with Gasteiger partial charge in [-0.15, -0.1) is 0 Å². The molecule has 0 fully saturated rings. The van der Waals surface area contributed by atoms with Crippen molar-refractivity contribution in [3.05, 3.63) is 41.7 Å². The van der Waals surface area contributed by atoms with E-state index in [4.69, 9.17) is 9.47 Å². The fourth-order valence-electron chi connectivity index (χ4n) is 1.29. The molecular formula is C13H16O3. The number of allylic oxidation sites excluding steroid dienone is 1. The van der Waals surface area contributed by atoms with Crippen LogP contribution in [0.5, 0.6) is 5.75 Å². The van der Waals surface area contributed by atoms with Crippen molar-refractivity contribution in [3.8, 4) is 5.75 Å². The Labute approximate surface area is 95.7 Å².